The van der Waals surface area contributed by atoms with Crippen molar-refractivity contribution in [2.45, 2.75) is 64.9 Å². The van der Waals surface area contributed by atoms with Crippen LogP contribution in [0.1, 0.15) is 62.1 Å². The molecule has 0 bridgehead atoms. The lowest BCUT2D eigenvalue weighted by atomic mass is 9.77. The minimum Gasteiger partial charge on any atom is -0.489 e. The topological polar surface area (TPSA) is 46.8 Å². The maximum Gasteiger partial charge on any atom is 0.119 e. The van der Waals surface area contributed by atoms with Crippen molar-refractivity contribution < 1.29 is 4.74 Å². The van der Waals surface area contributed by atoms with Crippen molar-refractivity contribution in [2.24, 2.45) is 21.8 Å². The minimum absolute atomic E-state index is 0.474. The number of benzene rings is 2. The lowest BCUT2D eigenvalue weighted by Gasteiger charge is -2.29. The van der Waals surface area contributed by atoms with Gasteiger partial charge in [-0.15, -0.1) is 0 Å². The first-order valence-corrected chi connectivity index (χ1v) is 15.0. The van der Waals surface area contributed by atoms with E-state index in [9.17, 15) is 0 Å². The highest BCUT2D eigenvalue weighted by molar-refractivity contribution is 6.33. The van der Waals surface area contributed by atoms with E-state index in [2.05, 4.69) is 58.5 Å². The van der Waals surface area contributed by atoms with Crippen molar-refractivity contribution in [3.05, 3.63) is 119 Å². The predicted octanol–water partition coefficient (Wildman–Crippen LogP) is 7.88. The molecule has 0 N–H and O–H groups in total. The summed E-state index contributed by atoms with van der Waals surface area (Å²) in [7, 11) is 6.27. The first-order valence-electron chi connectivity index (χ1n) is 15.0. The standard InChI is InChI=1S/C36H40BN3O/c1-27-35(37)25-39-24-32(12-11-30-8-5-21-38-23-30)22-36(40-27)33-17-13-28(14-18-33)9-10-29-15-19-34(20-16-29)41-26-31-6-3-2-4-7-31/h2-8,15-16,19-23,25,28,33H,9-14,17-18,24,26H2,1H3/b32-22-,35-27-,39-25?,40-36+. The van der Waals surface area contributed by atoms with Crippen LogP contribution in [0.15, 0.2) is 112 Å². The molecule has 5 rings (SSSR count). The molecule has 0 atom stereocenters. The first kappa shape index (κ1) is 28.8. The molecule has 1 saturated carbocycles. The van der Waals surface area contributed by atoms with Crippen molar-refractivity contribution in [2.75, 3.05) is 6.54 Å². The quantitative estimate of drug-likeness (QED) is 0.245. The van der Waals surface area contributed by atoms with Gasteiger partial charge >= 0.3 is 0 Å². The number of pyridine rings is 1. The monoisotopic (exact) mass is 541 g/mol. The fraction of sp³-hybridized carbons (Fsp3) is 0.361. The number of nitrogens with zero attached hydrogens (tertiary/aromatic N) is 3. The molecule has 5 heteroatoms. The molecule has 2 aliphatic rings. The SMILES string of the molecule is [B]\C1=C(C)/N=C(C2CCC(CCc3ccc(OCc4ccccc4)cc3)CC2)\C=C(\CCc2cccnc2)CN=C1. The van der Waals surface area contributed by atoms with Crippen molar-refractivity contribution >= 4 is 19.8 Å². The van der Waals surface area contributed by atoms with E-state index in [1.807, 2.05) is 43.6 Å². The second-order valence-corrected chi connectivity index (χ2v) is 11.4. The molecule has 4 nitrogen and oxygen atoms in total. The average Bonchev–Trinajstić information content (AvgIpc) is 3.09. The molecular weight excluding hydrogens is 501 g/mol. The van der Waals surface area contributed by atoms with Crippen LogP contribution in [0.4, 0.5) is 0 Å². The third kappa shape index (κ3) is 8.88. The number of aliphatic imine (C=N–C) groups is 2. The Labute approximate surface area is 246 Å². The molecule has 0 saturated heterocycles. The number of aromatic nitrogens is 1. The number of ether oxygens (including phenoxy) is 1. The largest absolute Gasteiger partial charge is 0.489 e. The van der Waals surface area contributed by atoms with Crippen LogP contribution in [0, 0.1) is 11.8 Å². The smallest absolute Gasteiger partial charge is 0.119 e. The maximum absolute atomic E-state index is 6.27. The molecule has 3 aromatic rings. The van der Waals surface area contributed by atoms with Crippen molar-refractivity contribution in [3.63, 3.8) is 0 Å². The summed E-state index contributed by atoms with van der Waals surface area (Å²) in [5.74, 6) is 2.16. The fourth-order valence-electron chi connectivity index (χ4n) is 5.72. The Morgan fingerprint density at radius 2 is 1.61 bits per heavy atom. The zero-order chi connectivity index (χ0) is 28.3. The first-order chi connectivity index (χ1) is 20.1. The second kappa shape index (κ2) is 14.8. The van der Waals surface area contributed by atoms with Gasteiger partial charge in [0, 0.05) is 35.9 Å². The number of aryl methyl sites for hydroxylation is 2. The lowest BCUT2D eigenvalue weighted by Crippen LogP contribution is -2.22. The summed E-state index contributed by atoms with van der Waals surface area (Å²) in [6.45, 7) is 3.27. The Kier molecular flexibility index (Phi) is 10.4. The third-order valence-corrected chi connectivity index (χ3v) is 8.33. The Bertz CT molecular complexity index is 1370. The van der Waals surface area contributed by atoms with E-state index in [1.165, 1.54) is 60.1 Å². The van der Waals surface area contributed by atoms with Crippen LogP contribution >= 0.6 is 0 Å². The summed E-state index contributed by atoms with van der Waals surface area (Å²) >= 11 is 0. The lowest BCUT2D eigenvalue weighted by molar-refractivity contribution is 0.304. The van der Waals surface area contributed by atoms with Crippen LogP contribution in [0.25, 0.3) is 0 Å². The van der Waals surface area contributed by atoms with Crippen LogP contribution in [0.2, 0.25) is 0 Å². The Morgan fingerprint density at radius 1 is 0.829 bits per heavy atom. The molecule has 0 amide bonds. The van der Waals surface area contributed by atoms with E-state index in [4.69, 9.17) is 17.6 Å². The highest BCUT2D eigenvalue weighted by Gasteiger charge is 2.24. The molecule has 0 unspecified atom stereocenters. The van der Waals surface area contributed by atoms with E-state index in [0.717, 1.165) is 36.6 Å². The van der Waals surface area contributed by atoms with Gasteiger partial charge in [0.05, 0.1) is 6.54 Å². The van der Waals surface area contributed by atoms with Gasteiger partial charge in [-0.05, 0) is 111 Å². The van der Waals surface area contributed by atoms with Gasteiger partial charge in [-0.25, -0.2) is 0 Å². The molecule has 2 radical (unpaired) electrons. The minimum atomic E-state index is 0.474. The van der Waals surface area contributed by atoms with E-state index in [-0.39, 0.29) is 0 Å². The van der Waals surface area contributed by atoms with Gasteiger partial charge in [0.25, 0.3) is 0 Å². The normalized spacial score (nSPS) is 23.8. The Balaban J connectivity index is 1.13. The highest BCUT2D eigenvalue weighted by Crippen LogP contribution is 2.34. The van der Waals surface area contributed by atoms with Gasteiger partial charge < -0.3 is 4.74 Å². The molecule has 1 aliphatic heterocycles. The van der Waals surface area contributed by atoms with E-state index < -0.39 is 0 Å². The van der Waals surface area contributed by atoms with Crippen LogP contribution in [0.3, 0.4) is 0 Å². The van der Waals surface area contributed by atoms with Gasteiger partial charge in [-0.3, -0.25) is 15.0 Å². The molecule has 2 aromatic carbocycles. The summed E-state index contributed by atoms with van der Waals surface area (Å²) in [5.41, 5.74) is 7.84. The average molecular weight is 542 g/mol. The molecule has 41 heavy (non-hydrogen) atoms. The Morgan fingerprint density at radius 3 is 2.37 bits per heavy atom. The zero-order valence-electron chi connectivity index (χ0n) is 24.2. The van der Waals surface area contributed by atoms with E-state index >= 15 is 0 Å². The number of rotatable bonds is 10. The number of allylic oxidation sites excluding steroid dienone is 3. The van der Waals surface area contributed by atoms with E-state index in [1.54, 1.807) is 6.21 Å². The second-order valence-electron chi connectivity index (χ2n) is 11.4. The molecule has 2 heterocycles. The third-order valence-electron chi connectivity index (χ3n) is 8.33. The molecule has 1 aromatic heterocycles. The maximum atomic E-state index is 6.27. The van der Waals surface area contributed by atoms with Crippen LogP contribution in [-0.4, -0.2) is 31.3 Å². The summed E-state index contributed by atoms with van der Waals surface area (Å²) < 4.78 is 5.96. The molecular formula is C36H40BN3O. The molecule has 0 spiro atoms. The highest BCUT2D eigenvalue weighted by atomic mass is 16.5. The molecule has 1 fully saturated rings. The van der Waals surface area contributed by atoms with Crippen LogP contribution in [-0.2, 0) is 19.4 Å². The molecule has 208 valence electrons. The van der Waals surface area contributed by atoms with Gasteiger partial charge in [0.15, 0.2) is 0 Å². The number of hydrogen-bond acceptors (Lipinski definition) is 4. The van der Waals surface area contributed by atoms with Crippen LogP contribution < -0.4 is 4.74 Å². The van der Waals surface area contributed by atoms with Crippen molar-refractivity contribution in [1.82, 2.24) is 4.98 Å². The van der Waals surface area contributed by atoms with Gasteiger partial charge in [-0.2, -0.15) is 0 Å². The van der Waals surface area contributed by atoms with Crippen molar-refractivity contribution in [1.29, 1.82) is 0 Å². The van der Waals surface area contributed by atoms with Gasteiger partial charge in [0.2, 0.25) is 0 Å². The predicted molar refractivity (Wildman–Crippen MR) is 171 cm³/mol. The number of hydrogen-bond donors (Lipinski definition) is 0. The summed E-state index contributed by atoms with van der Waals surface area (Å²) in [6, 6.07) is 23.1. The van der Waals surface area contributed by atoms with Gasteiger partial charge in [-0.1, -0.05) is 54.0 Å². The molecule has 1 aliphatic carbocycles. The van der Waals surface area contributed by atoms with Crippen LogP contribution in [0.5, 0.6) is 5.75 Å². The Hall–Kier alpha value is -3.73. The van der Waals surface area contributed by atoms with Gasteiger partial charge in [0.1, 0.15) is 20.2 Å². The summed E-state index contributed by atoms with van der Waals surface area (Å²) in [5, 5.41) is 0. The summed E-state index contributed by atoms with van der Waals surface area (Å²) in [4.78, 5) is 13.9. The van der Waals surface area contributed by atoms with E-state index in [0.29, 0.717) is 24.5 Å². The van der Waals surface area contributed by atoms with Crippen molar-refractivity contribution in [3.8, 4) is 5.75 Å². The summed E-state index contributed by atoms with van der Waals surface area (Å²) in [6.07, 6.45) is 17.0. The fourth-order valence-corrected chi connectivity index (χ4v) is 5.72. The zero-order valence-corrected chi connectivity index (χ0v) is 24.2.